The fourth-order valence-electron chi connectivity index (χ4n) is 3.21. The van der Waals surface area contributed by atoms with Crippen molar-refractivity contribution in [2.24, 2.45) is 0 Å². The van der Waals surface area contributed by atoms with Gasteiger partial charge < -0.3 is 25.4 Å². The normalized spacial score (nSPS) is 23.7. The number of ether oxygens (including phenoxy) is 1. The molecule has 0 spiro atoms. The Morgan fingerprint density at radius 3 is 2.62 bits per heavy atom. The Kier molecular flexibility index (Phi) is 5.42. The number of anilines is 1. The first-order valence-corrected chi connectivity index (χ1v) is 9.30. The predicted molar refractivity (Wildman–Crippen MR) is 105 cm³/mol. The van der Waals surface area contributed by atoms with Crippen molar-refractivity contribution in [3.8, 4) is 11.8 Å². The Bertz CT molecular complexity index is 1060. The number of aliphatic hydroxyl groups is 3. The molecule has 1 saturated heterocycles. The van der Waals surface area contributed by atoms with E-state index >= 15 is 0 Å². The number of imidazole rings is 1. The van der Waals surface area contributed by atoms with Gasteiger partial charge in [0.05, 0.1) is 12.9 Å². The number of nitrogens with one attached hydrogen (secondary N) is 1. The van der Waals surface area contributed by atoms with Gasteiger partial charge in [0, 0.05) is 12.1 Å². The van der Waals surface area contributed by atoms with Crippen LogP contribution in [0, 0.1) is 11.8 Å². The van der Waals surface area contributed by atoms with Crippen LogP contribution in [0.3, 0.4) is 0 Å². The monoisotopic (exact) mass is 395 g/mol. The minimum Gasteiger partial charge on any atom is -0.394 e. The van der Waals surface area contributed by atoms with Crippen LogP contribution in [0.25, 0.3) is 11.2 Å². The molecule has 3 aromatic rings. The van der Waals surface area contributed by atoms with Gasteiger partial charge in [-0.05, 0) is 25.0 Å². The van der Waals surface area contributed by atoms with Crippen molar-refractivity contribution in [1.82, 2.24) is 19.5 Å². The third kappa shape index (κ3) is 3.66. The predicted octanol–water partition coefficient (Wildman–Crippen LogP) is 0.269. The van der Waals surface area contributed by atoms with Gasteiger partial charge in [0.1, 0.15) is 18.3 Å². The summed E-state index contributed by atoms with van der Waals surface area (Å²) in [6.07, 6.45) is -2.81. The summed E-state index contributed by atoms with van der Waals surface area (Å²) in [5.41, 5.74) is 1.73. The van der Waals surface area contributed by atoms with Crippen LogP contribution in [0.1, 0.15) is 24.5 Å². The zero-order chi connectivity index (χ0) is 20.4. The van der Waals surface area contributed by atoms with Gasteiger partial charge in [-0.3, -0.25) is 4.57 Å². The smallest absolute Gasteiger partial charge is 0.209 e. The van der Waals surface area contributed by atoms with Gasteiger partial charge in [0.2, 0.25) is 5.82 Å². The third-order valence-corrected chi connectivity index (χ3v) is 4.65. The van der Waals surface area contributed by atoms with Crippen molar-refractivity contribution >= 4 is 17.0 Å². The van der Waals surface area contributed by atoms with Crippen LogP contribution in [0.2, 0.25) is 0 Å². The van der Waals surface area contributed by atoms with Crippen molar-refractivity contribution in [1.29, 1.82) is 0 Å². The SMILES string of the molecule is CCNc1nc(C#Cc2ccccc2)nc2c1ncn2[C@@H]1O[C@H](CO)[C@@H](O)[C@H]1O. The van der Waals surface area contributed by atoms with Gasteiger partial charge >= 0.3 is 0 Å². The summed E-state index contributed by atoms with van der Waals surface area (Å²) >= 11 is 0. The maximum Gasteiger partial charge on any atom is 0.209 e. The van der Waals surface area contributed by atoms with E-state index in [-0.39, 0.29) is 5.82 Å². The van der Waals surface area contributed by atoms with Gasteiger partial charge in [0.25, 0.3) is 0 Å². The second-order valence-electron chi connectivity index (χ2n) is 6.60. The molecule has 0 bridgehead atoms. The van der Waals surface area contributed by atoms with Crippen molar-refractivity contribution in [3.05, 3.63) is 48.0 Å². The topological polar surface area (TPSA) is 126 Å². The van der Waals surface area contributed by atoms with Crippen molar-refractivity contribution < 1.29 is 20.1 Å². The van der Waals surface area contributed by atoms with E-state index in [9.17, 15) is 15.3 Å². The van der Waals surface area contributed by atoms with E-state index in [1.54, 1.807) is 0 Å². The first-order chi connectivity index (χ1) is 14.1. The average Bonchev–Trinajstić information content (AvgIpc) is 3.29. The van der Waals surface area contributed by atoms with Crippen LogP contribution in [-0.4, -0.2) is 66.3 Å². The van der Waals surface area contributed by atoms with Crippen LogP contribution in [0.5, 0.6) is 0 Å². The highest BCUT2D eigenvalue weighted by atomic mass is 16.6. The van der Waals surface area contributed by atoms with Crippen LogP contribution < -0.4 is 5.32 Å². The Morgan fingerprint density at radius 1 is 1.14 bits per heavy atom. The molecule has 4 N–H and O–H groups in total. The molecule has 29 heavy (non-hydrogen) atoms. The molecular weight excluding hydrogens is 374 g/mol. The maximum absolute atomic E-state index is 10.4. The minimum atomic E-state index is -1.24. The van der Waals surface area contributed by atoms with Crippen molar-refractivity contribution in [3.63, 3.8) is 0 Å². The molecule has 9 heteroatoms. The number of aliphatic hydroxyl groups excluding tert-OH is 3. The number of rotatable bonds is 4. The van der Waals surface area contributed by atoms with Gasteiger partial charge in [-0.25, -0.2) is 15.0 Å². The van der Waals surface area contributed by atoms with Crippen molar-refractivity contribution in [2.45, 2.75) is 31.5 Å². The van der Waals surface area contributed by atoms with E-state index in [4.69, 9.17) is 4.74 Å². The molecule has 1 fully saturated rings. The first-order valence-electron chi connectivity index (χ1n) is 9.30. The number of hydrogen-bond donors (Lipinski definition) is 4. The Morgan fingerprint density at radius 2 is 1.93 bits per heavy atom. The Labute approximate surface area is 167 Å². The fraction of sp³-hybridized carbons (Fsp3) is 0.350. The summed E-state index contributed by atoms with van der Waals surface area (Å²) in [4.78, 5) is 13.3. The van der Waals surface area contributed by atoms with Crippen LogP contribution in [0.4, 0.5) is 5.82 Å². The summed E-state index contributed by atoms with van der Waals surface area (Å²) in [5, 5.41) is 32.9. The molecule has 0 amide bonds. The summed E-state index contributed by atoms with van der Waals surface area (Å²) in [7, 11) is 0. The van der Waals surface area contributed by atoms with Crippen LogP contribution in [0.15, 0.2) is 36.7 Å². The molecule has 9 nitrogen and oxygen atoms in total. The van der Waals surface area contributed by atoms with Gasteiger partial charge in [-0.1, -0.05) is 24.1 Å². The molecule has 0 radical (unpaired) electrons. The van der Waals surface area contributed by atoms with E-state index in [0.717, 1.165) is 5.56 Å². The second-order valence-corrected chi connectivity index (χ2v) is 6.60. The average molecular weight is 395 g/mol. The second kappa shape index (κ2) is 8.14. The molecule has 1 aliphatic rings. The number of aromatic nitrogens is 4. The first kappa shape index (κ1) is 19.3. The summed E-state index contributed by atoms with van der Waals surface area (Å²) in [5.74, 6) is 6.77. The fourth-order valence-corrected chi connectivity index (χ4v) is 3.21. The zero-order valence-corrected chi connectivity index (χ0v) is 15.7. The van der Waals surface area contributed by atoms with Crippen molar-refractivity contribution in [2.75, 3.05) is 18.5 Å². The molecule has 4 rings (SSSR count). The highest BCUT2D eigenvalue weighted by Gasteiger charge is 2.44. The Hall–Kier alpha value is -3.03. The summed E-state index contributed by atoms with van der Waals surface area (Å²) in [6.45, 7) is 2.15. The van der Waals surface area contributed by atoms with Gasteiger partial charge in [0.15, 0.2) is 23.2 Å². The van der Waals surface area contributed by atoms with E-state index in [2.05, 4.69) is 32.1 Å². The molecule has 0 aliphatic carbocycles. The van der Waals surface area contributed by atoms with E-state index in [0.29, 0.717) is 23.5 Å². The lowest BCUT2D eigenvalue weighted by Gasteiger charge is -2.16. The van der Waals surface area contributed by atoms with E-state index in [1.807, 2.05) is 37.3 Å². The van der Waals surface area contributed by atoms with Gasteiger partial charge in [-0.15, -0.1) is 0 Å². The van der Waals surface area contributed by atoms with Crippen LogP contribution in [-0.2, 0) is 4.74 Å². The molecule has 2 aromatic heterocycles. The molecule has 0 unspecified atom stereocenters. The quantitative estimate of drug-likeness (QED) is 0.464. The molecule has 150 valence electrons. The largest absolute Gasteiger partial charge is 0.394 e. The summed E-state index contributed by atoms with van der Waals surface area (Å²) < 4.78 is 7.14. The molecule has 3 heterocycles. The van der Waals surface area contributed by atoms with E-state index < -0.39 is 31.1 Å². The lowest BCUT2D eigenvalue weighted by Crippen LogP contribution is -2.33. The molecule has 1 aromatic carbocycles. The summed E-state index contributed by atoms with van der Waals surface area (Å²) in [6, 6.07) is 9.49. The van der Waals surface area contributed by atoms with Gasteiger partial charge in [-0.2, -0.15) is 0 Å². The molecule has 4 atom stereocenters. The number of fused-ring (bicyclic) bond motifs is 1. The minimum absolute atomic E-state index is 0.283. The lowest BCUT2D eigenvalue weighted by molar-refractivity contribution is -0.0511. The number of nitrogens with zero attached hydrogens (tertiary/aromatic N) is 4. The molecule has 0 saturated carbocycles. The number of hydrogen-bond acceptors (Lipinski definition) is 8. The lowest BCUT2D eigenvalue weighted by atomic mass is 10.1. The maximum atomic E-state index is 10.4. The third-order valence-electron chi connectivity index (χ3n) is 4.65. The zero-order valence-electron chi connectivity index (χ0n) is 15.7. The van der Waals surface area contributed by atoms with Crippen LogP contribution >= 0.6 is 0 Å². The number of benzene rings is 1. The highest BCUT2D eigenvalue weighted by molar-refractivity contribution is 5.83. The highest BCUT2D eigenvalue weighted by Crippen LogP contribution is 2.32. The molecular formula is C20H21N5O4. The Balaban J connectivity index is 1.78. The molecule has 1 aliphatic heterocycles. The van der Waals surface area contributed by atoms with E-state index in [1.165, 1.54) is 10.9 Å². The standard InChI is InChI=1S/C20H21N5O4/c1-2-21-18-15-19(24-14(23-18)9-8-12-6-4-3-5-7-12)25(11-22-15)20-17(28)16(27)13(10-26)29-20/h3-7,11,13,16-17,20,26-28H,2,10H2,1H3,(H,21,23,24)/t13-,16-,17-,20-/m1/s1.